The molecule has 0 saturated carbocycles. The molecule has 1 aliphatic rings. The molecule has 1 aromatic rings. The van der Waals surface area contributed by atoms with Crippen LogP contribution in [0, 0.1) is 11.3 Å². The van der Waals surface area contributed by atoms with Crippen molar-refractivity contribution in [2.75, 3.05) is 35.7 Å². The number of nitrogens with two attached hydrogens (primary N) is 2. The third-order valence-corrected chi connectivity index (χ3v) is 4.44. The van der Waals surface area contributed by atoms with Crippen LogP contribution in [0.1, 0.15) is 18.4 Å². The van der Waals surface area contributed by atoms with Crippen molar-refractivity contribution in [2.45, 2.75) is 25.4 Å². The van der Waals surface area contributed by atoms with Crippen molar-refractivity contribution in [1.29, 1.82) is 5.26 Å². The zero-order chi connectivity index (χ0) is 15.6. The van der Waals surface area contributed by atoms with Crippen molar-refractivity contribution in [3.05, 3.63) is 5.56 Å². The highest BCUT2D eigenvalue weighted by molar-refractivity contribution is 7.90. The molecule has 0 aromatic carbocycles. The topological polar surface area (TPSA) is 131 Å². The number of rotatable bonds is 4. The van der Waals surface area contributed by atoms with E-state index in [1.807, 2.05) is 4.90 Å². The highest BCUT2D eigenvalue weighted by Gasteiger charge is 2.25. The number of sulfone groups is 1. The molecule has 4 N–H and O–H groups in total. The Balaban J connectivity index is 2.28. The van der Waals surface area contributed by atoms with Gasteiger partial charge in [0.25, 0.3) is 0 Å². The Kier molecular flexibility index (Phi) is 4.39. The minimum Gasteiger partial charge on any atom is -0.383 e. The first-order valence-corrected chi connectivity index (χ1v) is 8.82. The molecule has 1 fully saturated rings. The first kappa shape index (κ1) is 15.6. The molecular formula is C12H20N6O2S. The van der Waals surface area contributed by atoms with Crippen molar-refractivity contribution in [3.63, 3.8) is 0 Å². The van der Waals surface area contributed by atoms with Crippen LogP contribution in [0.3, 0.4) is 0 Å². The van der Waals surface area contributed by atoms with E-state index in [2.05, 4.69) is 11.2 Å². The number of hydrogen-bond acceptors (Lipinski definition) is 7. The average Bonchev–Trinajstić information content (AvgIpc) is 2.72. The third-order valence-electron chi connectivity index (χ3n) is 3.52. The monoisotopic (exact) mass is 312 g/mol. The number of piperidine rings is 1. The van der Waals surface area contributed by atoms with E-state index in [1.54, 1.807) is 0 Å². The minimum atomic E-state index is -3.12. The normalized spacial score (nSPS) is 19.5. The molecule has 8 nitrogen and oxygen atoms in total. The zero-order valence-electron chi connectivity index (χ0n) is 12.0. The molecule has 1 unspecified atom stereocenters. The summed E-state index contributed by atoms with van der Waals surface area (Å²) < 4.78 is 23.9. The summed E-state index contributed by atoms with van der Waals surface area (Å²) in [7, 11) is -3.12. The molecule has 2 rings (SSSR count). The van der Waals surface area contributed by atoms with E-state index in [-0.39, 0.29) is 29.7 Å². The van der Waals surface area contributed by atoms with Crippen LogP contribution in [-0.2, 0) is 16.4 Å². The summed E-state index contributed by atoms with van der Waals surface area (Å²) in [6.45, 7) is 1.53. The lowest BCUT2D eigenvalue weighted by Gasteiger charge is -2.30. The number of nitrogen functional groups attached to an aromatic ring is 1. The highest BCUT2D eigenvalue weighted by atomic mass is 32.2. The van der Waals surface area contributed by atoms with E-state index in [9.17, 15) is 13.7 Å². The Morgan fingerprint density at radius 1 is 1.52 bits per heavy atom. The van der Waals surface area contributed by atoms with Crippen LogP contribution in [0.2, 0.25) is 0 Å². The van der Waals surface area contributed by atoms with E-state index < -0.39 is 9.84 Å². The fourth-order valence-electron chi connectivity index (χ4n) is 2.42. The summed E-state index contributed by atoms with van der Waals surface area (Å²) in [4.78, 5) is 1.94. The van der Waals surface area contributed by atoms with Crippen LogP contribution in [0.25, 0.3) is 0 Å². The minimum absolute atomic E-state index is 0.0488. The second-order valence-electron chi connectivity index (χ2n) is 5.40. The van der Waals surface area contributed by atoms with Crippen molar-refractivity contribution in [1.82, 2.24) is 9.78 Å². The second kappa shape index (κ2) is 5.91. The smallest absolute Gasteiger partial charge is 0.170 e. The SMILES string of the molecule is CS(=O)(=O)CCn1nc(N2CCCC(N)C2)c(C#N)c1N. The molecule has 0 spiro atoms. The number of anilines is 2. The molecule has 21 heavy (non-hydrogen) atoms. The molecular weight excluding hydrogens is 292 g/mol. The standard InChI is InChI=1S/C12H20N6O2S/c1-21(19,20)6-5-18-11(15)10(7-13)12(16-18)17-4-2-3-9(14)8-17/h9H,2-6,8,14-15H2,1H3. The van der Waals surface area contributed by atoms with Crippen LogP contribution in [0.4, 0.5) is 11.6 Å². The number of nitriles is 1. The molecule has 1 aromatic heterocycles. The maximum absolute atomic E-state index is 11.2. The second-order valence-corrected chi connectivity index (χ2v) is 7.66. The third kappa shape index (κ3) is 3.65. The molecule has 0 bridgehead atoms. The highest BCUT2D eigenvalue weighted by Crippen LogP contribution is 2.26. The Morgan fingerprint density at radius 3 is 2.81 bits per heavy atom. The lowest BCUT2D eigenvalue weighted by Crippen LogP contribution is -2.43. The van der Waals surface area contributed by atoms with Gasteiger partial charge in [0.05, 0.1) is 12.3 Å². The van der Waals surface area contributed by atoms with Crippen LogP contribution in [0.5, 0.6) is 0 Å². The molecule has 0 amide bonds. The molecule has 0 aliphatic carbocycles. The predicted molar refractivity (Wildman–Crippen MR) is 80.5 cm³/mol. The van der Waals surface area contributed by atoms with Gasteiger partial charge in [0.2, 0.25) is 0 Å². The predicted octanol–water partition coefficient (Wildman–Crippen LogP) is -0.691. The average molecular weight is 312 g/mol. The van der Waals surface area contributed by atoms with Gasteiger partial charge in [-0.05, 0) is 12.8 Å². The zero-order valence-corrected chi connectivity index (χ0v) is 12.8. The molecule has 0 radical (unpaired) electrons. The van der Waals surface area contributed by atoms with Gasteiger partial charge in [-0.25, -0.2) is 13.1 Å². The number of aryl methyl sites for hydroxylation is 1. The summed E-state index contributed by atoms with van der Waals surface area (Å²) in [5, 5.41) is 13.6. The lowest BCUT2D eigenvalue weighted by atomic mass is 10.1. The number of nitrogens with zero attached hydrogens (tertiary/aromatic N) is 4. The van der Waals surface area contributed by atoms with Crippen molar-refractivity contribution in [3.8, 4) is 6.07 Å². The van der Waals surface area contributed by atoms with Gasteiger partial charge in [-0.1, -0.05) is 0 Å². The summed E-state index contributed by atoms with van der Waals surface area (Å²) >= 11 is 0. The largest absolute Gasteiger partial charge is 0.383 e. The van der Waals surface area contributed by atoms with Gasteiger partial charge >= 0.3 is 0 Å². The van der Waals surface area contributed by atoms with Crippen molar-refractivity contribution < 1.29 is 8.42 Å². The van der Waals surface area contributed by atoms with Crippen LogP contribution in [0.15, 0.2) is 0 Å². The van der Waals surface area contributed by atoms with Crippen molar-refractivity contribution >= 4 is 21.5 Å². The van der Waals surface area contributed by atoms with Crippen LogP contribution in [-0.4, -0.2) is 49.3 Å². The van der Waals surface area contributed by atoms with Crippen molar-refractivity contribution in [2.24, 2.45) is 5.73 Å². The first-order chi connectivity index (χ1) is 9.81. The molecule has 116 valence electrons. The van der Waals surface area contributed by atoms with Crippen LogP contribution >= 0.6 is 0 Å². The van der Waals surface area contributed by atoms with Gasteiger partial charge in [0.1, 0.15) is 27.3 Å². The van der Waals surface area contributed by atoms with Gasteiger partial charge in [-0.3, -0.25) is 0 Å². The molecule has 1 atom stereocenters. The molecule has 2 heterocycles. The first-order valence-electron chi connectivity index (χ1n) is 6.76. The summed E-state index contributed by atoms with van der Waals surface area (Å²) in [6.07, 6.45) is 3.03. The summed E-state index contributed by atoms with van der Waals surface area (Å²) in [5.41, 5.74) is 12.1. The summed E-state index contributed by atoms with van der Waals surface area (Å²) in [6, 6.07) is 2.10. The maximum atomic E-state index is 11.2. The number of aromatic nitrogens is 2. The van der Waals surface area contributed by atoms with E-state index in [4.69, 9.17) is 11.5 Å². The van der Waals surface area contributed by atoms with Gasteiger partial charge < -0.3 is 16.4 Å². The molecule has 9 heteroatoms. The van der Waals surface area contributed by atoms with Gasteiger partial charge in [-0.15, -0.1) is 0 Å². The van der Waals surface area contributed by atoms with E-state index >= 15 is 0 Å². The van der Waals surface area contributed by atoms with E-state index in [1.165, 1.54) is 4.68 Å². The Labute approximate surface area is 124 Å². The Bertz CT molecular complexity index is 660. The molecule has 1 saturated heterocycles. The van der Waals surface area contributed by atoms with Gasteiger partial charge in [0, 0.05) is 25.4 Å². The fourth-order valence-corrected chi connectivity index (χ4v) is 2.92. The Hall–Kier alpha value is -1.79. The van der Waals surface area contributed by atoms with Gasteiger partial charge in [0.15, 0.2) is 5.82 Å². The molecule has 1 aliphatic heterocycles. The van der Waals surface area contributed by atoms with Gasteiger partial charge in [-0.2, -0.15) is 10.4 Å². The van der Waals surface area contributed by atoms with Crippen LogP contribution < -0.4 is 16.4 Å². The quantitative estimate of drug-likeness (QED) is 0.752. The fraction of sp³-hybridized carbons (Fsp3) is 0.667. The summed E-state index contributed by atoms with van der Waals surface area (Å²) in [5.74, 6) is 0.636. The lowest BCUT2D eigenvalue weighted by molar-refractivity contribution is 0.500. The van der Waals surface area contributed by atoms with E-state index in [0.717, 1.165) is 25.6 Å². The maximum Gasteiger partial charge on any atom is 0.170 e. The van der Waals surface area contributed by atoms with E-state index in [0.29, 0.717) is 12.4 Å². The number of hydrogen-bond donors (Lipinski definition) is 2. The Morgan fingerprint density at radius 2 is 2.24 bits per heavy atom.